The van der Waals surface area contributed by atoms with Gasteiger partial charge in [-0.05, 0) is 19.3 Å². The molecule has 0 aromatic carbocycles. The quantitative estimate of drug-likeness (QED) is 0.920. The first-order valence-corrected chi connectivity index (χ1v) is 6.00. The highest BCUT2D eigenvalue weighted by atomic mass is 19.4. The zero-order chi connectivity index (χ0) is 14.0. The van der Waals surface area contributed by atoms with E-state index in [1.54, 1.807) is 0 Å². The number of carboxylic acids is 1. The Balaban J connectivity index is 2.11. The number of hydrogen-bond donors (Lipinski definition) is 1. The summed E-state index contributed by atoms with van der Waals surface area (Å²) in [5.74, 6) is -1.57. The van der Waals surface area contributed by atoms with Crippen LogP contribution in [-0.4, -0.2) is 28.4 Å². The van der Waals surface area contributed by atoms with Crippen molar-refractivity contribution in [2.75, 3.05) is 6.61 Å². The molecule has 0 bridgehead atoms. The lowest BCUT2D eigenvalue weighted by atomic mass is 10.2. The number of alkyl halides is 3. The van der Waals surface area contributed by atoms with E-state index in [2.05, 4.69) is 0 Å². The topological polar surface area (TPSA) is 51.5 Å². The number of carboxylic acid groups (broad SMARTS) is 1. The van der Waals surface area contributed by atoms with E-state index in [9.17, 15) is 18.0 Å². The van der Waals surface area contributed by atoms with Crippen molar-refractivity contribution in [3.8, 4) is 0 Å². The fourth-order valence-electron chi connectivity index (χ4n) is 2.20. The Kier molecular flexibility index (Phi) is 3.84. The Bertz CT molecular complexity index is 461. The molecule has 2 heterocycles. The van der Waals surface area contributed by atoms with Crippen molar-refractivity contribution in [1.29, 1.82) is 0 Å². The van der Waals surface area contributed by atoms with Gasteiger partial charge in [0.25, 0.3) is 0 Å². The van der Waals surface area contributed by atoms with Crippen LogP contribution in [0.4, 0.5) is 13.2 Å². The minimum atomic E-state index is -4.65. The molecular weight excluding hydrogens is 263 g/mol. The summed E-state index contributed by atoms with van der Waals surface area (Å²) < 4.78 is 44.6. The fourth-order valence-corrected chi connectivity index (χ4v) is 2.20. The third kappa shape index (κ3) is 3.28. The van der Waals surface area contributed by atoms with E-state index < -0.39 is 23.3 Å². The standard InChI is InChI=1S/C12H14F3NO3/c13-12(14,15)10-7-16(6-9(10)11(17)18)4-3-8-2-1-5-19-8/h6-8H,1-5H2,(H,17,18). The van der Waals surface area contributed by atoms with Crippen molar-refractivity contribution < 1.29 is 27.8 Å². The summed E-state index contributed by atoms with van der Waals surface area (Å²) in [6, 6.07) is 0. The summed E-state index contributed by atoms with van der Waals surface area (Å²) in [6.07, 6.45) is -0.263. The molecule has 0 aliphatic carbocycles. The highest BCUT2D eigenvalue weighted by molar-refractivity contribution is 5.89. The third-order valence-corrected chi connectivity index (χ3v) is 3.15. The number of hydrogen-bond acceptors (Lipinski definition) is 2. The molecule has 1 N–H and O–H groups in total. The Morgan fingerprint density at radius 3 is 2.68 bits per heavy atom. The van der Waals surface area contributed by atoms with Crippen LogP contribution < -0.4 is 0 Å². The molecule has 0 saturated carbocycles. The summed E-state index contributed by atoms with van der Waals surface area (Å²) in [4.78, 5) is 10.8. The Hall–Kier alpha value is -1.50. The van der Waals surface area contributed by atoms with Gasteiger partial charge in [-0.2, -0.15) is 13.2 Å². The molecule has 0 radical (unpaired) electrons. The highest BCUT2D eigenvalue weighted by Gasteiger charge is 2.37. The third-order valence-electron chi connectivity index (χ3n) is 3.15. The lowest BCUT2D eigenvalue weighted by Gasteiger charge is -2.09. The van der Waals surface area contributed by atoms with Crippen molar-refractivity contribution in [3.05, 3.63) is 23.5 Å². The van der Waals surface area contributed by atoms with Crippen LogP contribution in [0.2, 0.25) is 0 Å². The number of halogens is 3. The first-order chi connectivity index (χ1) is 8.88. The number of ether oxygens (including phenoxy) is 1. The van der Waals surface area contributed by atoms with Gasteiger partial charge in [-0.1, -0.05) is 0 Å². The Morgan fingerprint density at radius 1 is 1.47 bits per heavy atom. The molecule has 1 aromatic heterocycles. The van der Waals surface area contributed by atoms with E-state index >= 15 is 0 Å². The average molecular weight is 277 g/mol. The van der Waals surface area contributed by atoms with Gasteiger partial charge in [0.1, 0.15) is 0 Å². The fraction of sp³-hybridized carbons (Fsp3) is 0.583. The van der Waals surface area contributed by atoms with E-state index in [-0.39, 0.29) is 6.10 Å². The van der Waals surface area contributed by atoms with Crippen LogP contribution in [0.3, 0.4) is 0 Å². The SMILES string of the molecule is O=C(O)c1cn(CCC2CCCO2)cc1C(F)(F)F. The molecule has 1 aliphatic rings. The van der Waals surface area contributed by atoms with Gasteiger partial charge in [-0.15, -0.1) is 0 Å². The van der Waals surface area contributed by atoms with Crippen LogP contribution in [0.15, 0.2) is 12.4 Å². The van der Waals surface area contributed by atoms with Gasteiger partial charge in [0.05, 0.1) is 17.2 Å². The van der Waals surface area contributed by atoms with Crippen LogP contribution in [-0.2, 0) is 17.5 Å². The minimum Gasteiger partial charge on any atom is -0.478 e. The summed E-state index contributed by atoms with van der Waals surface area (Å²) >= 11 is 0. The van der Waals surface area contributed by atoms with Crippen molar-refractivity contribution in [3.63, 3.8) is 0 Å². The van der Waals surface area contributed by atoms with E-state index in [4.69, 9.17) is 9.84 Å². The van der Waals surface area contributed by atoms with Gasteiger partial charge in [-0.3, -0.25) is 0 Å². The largest absolute Gasteiger partial charge is 0.478 e. The van der Waals surface area contributed by atoms with Gasteiger partial charge < -0.3 is 14.4 Å². The molecule has 1 unspecified atom stereocenters. The monoisotopic (exact) mass is 277 g/mol. The summed E-state index contributed by atoms with van der Waals surface area (Å²) in [7, 11) is 0. The number of aryl methyl sites for hydroxylation is 1. The van der Waals surface area contributed by atoms with Crippen LogP contribution in [0.1, 0.15) is 35.2 Å². The molecule has 2 rings (SSSR count). The minimum absolute atomic E-state index is 0.0602. The Labute approximate surface area is 107 Å². The highest BCUT2D eigenvalue weighted by Crippen LogP contribution is 2.33. The second-order valence-corrected chi connectivity index (χ2v) is 4.55. The van der Waals surface area contributed by atoms with Crippen molar-refractivity contribution >= 4 is 5.97 Å². The van der Waals surface area contributed by atoms with Crippen LogP contribution in [0.25, 0.3) is 0 Å². The lowest BCUT2D eigenvalue weighted by Crippen LogP contribution is -2.10. The zero-order valence-electron chi connectivity index (χ0n) is 10.1. The average Bonchev–Trinajstić information content (AvgIpc) is 2.94. The predicted octanol–water partition coefficient (Wildman–Crippen LogP) is 2.77. The van der Waals surface area contributed by atoms with Gasteiger partial charge in [0.15, 0.2) is 0 Å². The first kappa shape index (κ1) is 13.9. The maximum Gasteiger partial charge on any atom is 0.418 e. The maximum absolute atomic E-state index is 12.7. The molecule has 1 aromatic rings. The van der Waals surface area contributed by atoms with Gasteiger partial charge >= 0.3 is 12.1 Å². The molecule has 7 heteroatoms. The normalized spacial score (nSPS) is 19.8. The van der Waals surface area contributed by atoms with E-state index in [1.807, 2.05) is 0 Å². The van der Waals surface area contributed by atoms with Gasteiger partial charge in [-0.25, -0.2) is 4.79 Å². The smallest absolute Gasteiger partial charge is 0.418 e. The number of rotatable bonds is 4. The molecule has 106 valence electrons. The molecule has 0 amide bonds. The van der Waals surface area contributed by atoms with E-state index in [1.165, 1.54) is 4.57 Å². The number of aromatic carboxylic acids is 1. The summed E-state index contributed by atoms with van der Waals surface area (Å²) in [5.41, 5.74) is -1.81. The molecule has 1 saturated heterocycles. The Morgan fingerprint density at radius 2 is 2.21 bits per heavy atom. The molecule has 19 heavy (non-hydrogen) atoms. The van der Waals surface area contributed by atoms with Crippen molar-refractivity contribution in [2.45, 2.75) is 38.1 Å². The molecule has 0 spiro atoms. The number of nitrogens with zero attached hydrogens (tertiary/aromatic N) is 1. The van der Waals surface area contributed by atoms with Gasteiger partial charge in [0, 0.05) is 25.5 Å². The second kappa shape index (κ2) is 5.24. The van der Waals surface area contributed by atoms with Crippen LogP contribution in [0, 0.1) is 0 Å². The molecular formula is C12H14F3NO3. The molecule has 1 atom stereocenters. The van der Waals surface area contributed by atoms with E-state index in [0.29, 0.717) is 19.6 Å². The molecule has 4 nitrogen and oxygen atoms in total. The summed E-state index contributed by atoms with van der Waals surface area (Å²) in [6.45, 7) is 1.01. The predicted molar refractivity (Wildman–Crippen MR) is 60.0 cm³/mol. The number of aromatic nitrogens is 1. The zero-order valence-corrected chi connectivity index (χ0v) is 10.1. The second-order valence-electron chi connectivity index (χ2n) is 4.55. The van der Waals surface area contributed by atoms with Crippen LogP contribution in [0.5, 0.6) is 0 Å². The maximum atomic E-state index is 12.7. The lowest BCUT2D eigenvalue weighted by molar-refractivity contribution is -0.138. The van der Waals surface area contributed by atoms with Crippen molar-refractivity contribution in [1.82, 2.24) is 4.57 Å². The number of carbonyl (C=O) groups is 1. The first-order valence-electron chi connectivity index (χ1n) is 6.00. The van der Waals surface area contributed by atoms with Crippen LogP contribution >= 0.6 is 0 Å². The molecule has 1 aliphatic heterocycles. The van der Waals surface area contributed by atoms with Gasteiger partial charge in [0.2, 0.25) is 0 Å². The molecule has 1 fully saturated rings. The van der Waals surface area contributed by atoms with Crippen molar-refractivity contribution in [2.24, 2.45) is 0 Å². The van der Waals surface area contributed by atoms with E-state index in [0.717, 1.165) is 25.2 Å². The summed E-state index contributed by atoms with van der Waals surface area (Å²) in [5, 5.41) is 8.78.